The number of carbonyl (C=O) groups is 2. The first kappa shape index (κ1) is 14.9. The lowest BCUT2D eigenvalue weighted by Crippen LogP contribution is -2.49. The average molecular weight is 317 g/mol. The first-order chi connectivity index (χ1) is 11.2. The fourth-order valence-electron chi connectivity index (χ4n) is 3.72. The van der Waals surface area contributed by atoms with Gasteiger partial charge in [0.05, 0.1) is 19.2 Å². The van der Waals surface area contributed by atoms with E-state index in [1.807, 2.05) is 4.68 Å². The Hall–Kier alpha value is -1.69. The van der Waals surface area contributed by atoms with E-state index in [0.717, 1.165) is 25.7 Å². The number of ketones is 1. The van der Waals surface area contributed by atoms with Crippen molar-refractivity contribution in [1.29, 1.82) is 0 Å². The highest BCUT2D eigenvalue weighted by atomic mass is 16.5. The van der Waals surface area contributed by atoms with Gasteiger partial charge in [0.2, 0.25) is 0 Å². The Morgan fingerprint density at radius 2 is 1.96 bits per heavy atom. The molecule has 1 amide bonds. The third-order valence-electron chi connectivity index (χ3n) is 5.21. The molecular formula is C17H23N3O3. The highest BCUT2D eigenvalue weighted by molar-refractivity contribution is 5.94. The number of amides is 1. The molecule has 0 aromatic carbocycles. The molecule has 1 atom stereocenters. The monoisotopic (exact) mass is 317 g/mol. The topological polar surface area (TPSA) is 64.4 Å². The van der Waals surface area contributed by atoms with Gasteiger partial charge in [0, 0.05) is 18.7 Å². The smallest absolute Gasteiger partial charge is 0.272 e. The van der Waals surface area contributed by atoms with Crippen molar-refractivity contribution in [2.24, 2.45) is 5.92 Å². The number of hydrogen-bond donors (Lipinski definition) is 0. The van der Waals surface area contributed by atoms with Gasteiger partial charge < -0.3 is 9.64 Å². The molecular weight excluding hydrogens is 294 g/mol. The van der Waals surface area contributed by atoms with Gasteiger partial charge in [-0.15, -0.1) is 0 Å². The van der Waals surface area contributed by atoms with E-state index in [-0.39, 0.29) is 17.6 Å². The maximum atomic E-state index is 12.9. The summed E-state index contributed by atoms with van der Waals surface area (Å²) in [5.74, 6) is 0.317. The maximum Gasteiger partial charge on any atom is 0.272 e. The van der Waals surface area contributed by atoms with Gasteiger partial charge in [-0.3, -0.25) is 14.3 Å². The van der Waals surface area contributed by atoms with E-state index in [2.05, 4.69) is 5.10 Å². The number of aromatic nitrogens is 2. The standard InChI is InChI=1S/C17H23N3O3/c21-16(12-5-6-12)15-11-19(9-10-23-15)17(22)14-7-8-18-20(14)13-3-1-2-4-13/h7-8,12-13,15H,1-6,9-11H2/t15-/m0/s1. The lowest BCUT2D eigenvalue weighted by Gasteiger charge is -2.32. The predicted octanol–water partition coefficient (Wildman–Crippen LogP) is 1.82. The van der Waals surface area contributed by atoms with Crippen LogP contribution < -0.4 is 0 Å². The molecule has 2 heterocycles. The van der Waals surface area contributed by atoms with Crippen molar-refractivity contribution >= 4 is 11.7 Å². The number of Topliss-reactive ketones (excluding diaryl/α,β-unsaturated/α-hetero) is 1. The largest absolute Gasteiger partial charge is 0.367 e. The lowest BCUT2D eigenvalue weighted by molar-refractivity contribution is -0.136. The van der Waals surface area contributed by atoms with Gasteiger partial charge in [0.1, 0.15) is 11.8 Å². The van der Waals surface area contributed by atoms with Crippen LogP contribution in [0.25, 0.3) is 0 Å². The molecule has 6 heteroatoms. The molecule has 1 aromatic rings. The Bertz CT molecular complexity index is 602. The fourth-order valence-corrected chi connectivity index (χ4v) is 3.72. The molecule has 124 valence electrons. The zero-order valence-corrected chi connectivity index (χ0v) is 13.3. The molecule has 1 aromatic heterocycles. The molecule has 3 aliphatic rings. The van der Waals surface area contributed by atoms with E-state index >= 15 is 0 Å². The summed E-state index contributed by atoms with van der Waals surface area (Å²) in [5, 5.41) is 4.38. The zero-order chi connectivity index (χ0) is 15.8. The Morgan fingerprint density at radius 1 is 1.17 bits per heavy atom. The summed E-state index contributed by atoms with van der Waals surface area (Å²) in [6, 6.07) is 2.14. The molecule has 4 rings (SSSR count). The van der Waals surface area contributed by atoms with Crippen molar-refractivity contribution in [1.82, 2.24) is 14.7 Å². The van der Waals surface area contributed by atoms with Gasteiger partial charge in [-0.25, -0.2) is 0 Å². The molecule has 1 saturated heterocycles. The predicted molar refractivity (Wildman–Crippen MR) is 83.1 cm³/mol. The van der Waals surface area contributed by atoms with Crippen LogP contribution in [0.2, 0.25) is 0 Å². The molecule has 23 heavy (non-hydrogen) atoms. The number of ether oxygens (including phenoxy) is 1. The van der Waals surface area contributed by atoms with Crippen molar-refractivity contribution in [2.75, 3.05) is 19.7 Å². The third kappa shape index (κ3) is 2.92. The van der Waals surface area contributed by atoms with Gasteiger partial charge in [0.15, 0.2) is 5.78 Å². The van der Waals surface area contributed by atoms with Crippen LogP contribution in [0.3, 0.4) is 0 Å². The molecule has 0 unspecified atom stereocenters. The Balaban J connectivity index is 1.48. The minimum atomic E-state index is -0.442. The second-order valence-corrected chi connectivity index (χ2v) is 6.89. The lowest BCUT2D eigenvalue weighted by atomic mass is 10.1. The van der Waals surface area contributed by atoms with Gasteiger partial charge in [0.25, 0.3) is 5.91 Å². The van der Waals surface area contributed by atoms with E-state index in [9.17, 15) is 9.59 Å². The van der Waals surface area contributed by atoms with Crippen LogP contribution >= 0.6 is 0 Å². The molecule has 2 aliphatic carbocycles. The number of morpholine rings is 1. The van der Waals surface area contributed by atoms with Crippen LogP contribution in [0.1, 0.15) is 55.1 Å². The first-order valence-electron chi connectivity index (χ1n) is 8.72. The molecule has 1 aliphatic heterocycles. The molecule has 3 fully saturated rings. The summed E-state index contributed by atoms with van der Waals surface area (Å²) in [6.07, 6.45) is 7.80. The van der Waals surface area contributed by atoms with Crippen LogP contribution in [0.5, 0.6) is 0 Å². The normalized spacial score (nSPS) is 25.7. The molecule has 0 bridgehead atoms. The fraction of sp³-hybridized carbons (Fsp3) is 0.706. The van der Waals surface area contributed by atoms with Crippen molar-refractivity contribution in [3.63, 3.8) is 0 Å². The van der Waals surface area contributed by atoms with E-state index in [1.54, 1.807) is 17.2 Å². The van der Waals surface area contributed by atoms with Gasteiger partial charge >= 0.3 is 0 Å². The van der Waals surface area contributed by atoms with Gasteiger partial charge in [-0.2, -0.15) is 5.10 Å². The average Bonchev–Trinajstić information content (AvgIpc) is 3.09. The maximum absolute atomic E-state index is 12.9. The van der Waals surface area contributed by atoms with E-state index < -0.39 is 6.10 Å². The molecule has 0 radical (unpaired) electrons. The van der Waals surface area contributed by atoms with Gasteiger partial charge in [-0.1, -0.05) is 12.8 Å². The van der Waals surface area contributed by atoms with E-state index in [1.165, 1.54) is 12.8 Å². The van der Waals surface area contributed by atoms with Crippen LogP contribution in [-0.4, -0.2) is 52.2 Å². The highest BCUT2D eigenvalue weighted by Gasteiger charge is 2.39. The summed E-state index contributed by atoms with van der Waals surface area (Å²) in [4.78, 5) is 26.9. The number of nitrogens with zero attached hydrogens (tertiary/aromatic N) is 3. The zero-order valence-electron chi connectivity index (χ0n) is 13.3. The summed E-state index contributed by atoms with van der Waals surface area (Å²) >= 11 is 0. The van der Waals surface area contributed by atoms with Crippen molar-refractivity contribution in [3.05, 3.63) is 18.0 Å². The number of hydrogen-bond acceptors (Lipinski definition) is 4. The quantitative estimate of drug-likeness (QED) is 0.850. The summed E-state index contributed by atoms with van der Waals surface area (Å²) in [5.41, 5.74) is 0.649. The molecule has 0 N–H and O–H groups in total. The summed E-state index contributed by atoms with van der Waals surface area (Å²) in [6.45, 7) is 1.36. The SMILES string of the molecule is O=C(C1CC1)[C@@H]1CN(C(=O)c2ccnn2C2CCCC2)CCO1. The summed E-state index contributed by atoms with van der Waals surface area (Å²) < 4.78 is 7.49. The van der Waals surface area contributed by atoms with Crippen molar-refractivity contribution < 1.29 is 14.3 Å². The highest BCUT2D eigenvalue weighted by Crippen LogP contribution is 2.33. The third-order valence-corrected chi connectivity index (χ3v) is 5.21. The van der Waals surface area contributed by atoms with E-state index in [0.29, 0.717) is 31.4 Å². The number of carbonyl (C=O) groups excluding carboxylic acids is 2. The summed E-state index contributed by atoms with van der Waals surface area (Å²) in [7, 11) is 0. The number of rotatable bonds is 4. The van der Waals surface area contributed by atoms with Crippen LogP contribution in [0.4, 0.5) is 0 Å². The molecule has 2 saturated carbocycles. The first-order valence-corrected chi connectivity index (χ1v) is 8.72. The molecule has 0 spiro atoms. The van der Waals surface area contributed by atoms with Crippen LogP contribution in [0, 0.1) is 5.92 Å². The minimum absolute atomic E-state index is 0.0219. The molecule has 6 nitrogen and oxygen atoms in total. The van der Waals surface area contributed by atoms with Crippen LogP contribution in [-0.2, 0) is 9.53 Å². The Kier molecular flexibility index (Phi) is 3.93. The van der Waals surface area contributed by atoms with Crippen molar-refractivity contribution in [3.8, 4) is 0 Å². The Morgan fingerprint density at radius 3 is 2.70 bits per heavy atom. The van der Waals surface area contributed by atoms with E-state index in [4.69, 9.17) is 4.74 Å². The Labute approximate surface area is 135 Å². The second-order valence-electron chi connectivity index (χ2n) is 6.89. The minimum Gasteiger partial charge on any atom is -0.367 e. The van der Waals surface area contributed by atoms with Crippen molar-refractivity contribution in [2.45, 2.75) is 50.7 Å². The second kappa shape index (κ2) is 6.07. The van der Waals surface area contributed by atoms with Crippen LogP contribution in [0.15, 0.2) is 12.3 Å². The van der Waals surface area contributed by atoms with Gasteiger partial charge in [-0.05, 0) is 31.7 Å².